The molecule has 0 bridgehead atoms. The van der Waals surface area contributed by atoms with E-state index in [0.717, 1.165) is 12.0 Å². The first-order valence-corrected chi connectivity index (χ1v) is 7.17. The average Bonchev–Trinajstić information content (AvgIpc) is 2.52. The van der Waals surface area contributed by atoms with Crippen LogP contribution in [0.3, 0.4) is 0 Å². The molecule has 1 atom stereocenters. The fraction of sp³-hybridized carbons (Fsp3) is 0.158. The molecule has 2 heteroatoms. The molecule has 0 fully saturated rings. The second kappa shape index (κ2) is 6.06. The lowest BCUT2D eigenvalue weighted by atomic mass is 9.95. The molecule has 21 heavy (non-hydrogen) atoms. The molecule has 0 aliphatic heterocycles. The van der Waals surface area contributed by atoms with E-state index in [1.807, 2.05) is 19.2 Å². The molecular formula is C19H18FN. The highest BCUT2D eigenvalue weighted by molar-refractivity contribution is 5.85. The Labute approximate surface area is 124 Å². The Hall–Kier alpha value is -2.19. The fourth-order valence-corrected chi connectivity index (χ4v) is 2.80. The van der Waals surface area contributed by atoms with E-state index in [1.165, 1.54) is 22.4 Å². The Morgan fingerprint density at radius 2 is 1.71 bits per heavy atom. The van der Waals surface area contributed by atoms with E-state index in [1.54, 1.807) is 12.1 Å². The summed E-state index contributed by atoms with van der Waals surface area (Å²) in [4.78, 5) is 0. The lowest BCUT2D eigenvalue weighted by Crippen LogP contribution is -2.19. The maximum absolute atomic E-state index is 13.4. The fourth-order valence-electron chi connectivity index (χ4n) is 2.80. The Morgan fingerprint density at radius 3 is 2.52 bits per heavy atom. The van der Waals surface area contributed by atoms with E-state index in [2.05, 4.69) is 41.7 Å². The molecule has 3 aromatic carbocycles. The van der Waals surface area contributed by atoms with Gasteiger partial charge in [0, 0.05) is 6.04 Å². The molecule has 3 rings (SSSR count). The van der Waals surface area contributed by atoms with Gasteiger partial charge in [0.1, 0.15) is 5.82 Å². The third-order valence-electron chi connectivity index (χ3n) is 3.90. The standard InChI is InChI=1S/C19H18FN/c1-21-19(16-9-5-10-17(20)12-16)13-15-8-4-7-14-6-2-3-11-18(14)15/h2-12,19,21H,13H2,1H3. The maximum Gasteiger partial charge on any atom is 0.123 e. The molecule has 0 saturated heterocycles. The van der Waals surface area contributed by atoms with Gasteiger partial charge in [-0.2, -0.15) is 0 Å². The van der Waals surface area contributed by atoms with Gasteiger partial charge in [0.2, 0.25) is 0 Å². The molecule has 0 aliphatic rings. The molecule has 0 aromatic heterocycles. The predicted octanol–water partition coefficient (Wildman–Crippen LogP) is 4.48. The van der Waals surface area contributed by atoms with Crippen molar-refractivity contribution < 1.29 is 4.39 Å². The summed E-state index contributed by atoms with van der Waals surface area (Å²) < 4.78 is 13.4. The largest absolute Gasteiger partial charge is 0.313 e. The van der Waals surface area contributed by atoms with Crippen LogP contribution in [-0.4, -0.2) is 7.05 Å². The predicted molar refractivity (Wildman–Crippen MR) is 85.9 cm³/mol. The summed E-state index contributed by atoms with van der Waals surface area (Å²) in [6.45, 7) is 0. The third kappa shape index (κ3) is 2.96. The molecule has 1 unspecified atom stereocenters. The van der Waals surface area contributed by atoms with Crippen molar-refractivity contribution in [2.24, 2.45) is 0 Å². The van der Waals surface area contributed by atoms with E-state index >= 15 is 0 Å². The van der Waals surface area contributed by atoms with Crippen molar-refractivity contribution in [3.8, 4) is 0 Å². The highest BCUT2D eigenvalue weighted by Crippen LogP contribution is 2.24. The zero-order chi connectivity index (χ0) is 14.7. The van der Waals surface area contributed by atoms with Crippen LogP contribution in [0.2, 0.25) is 0 Å². The summed E-state index contributed by atoms with van der Waals surface area (Å²) in [5.41, 5.74) is 2.25. The molecule has 0 radical (unpaired) electrons. The van der Waals surface area contributed by atoms with Crippen LogP contribution in [0.1, 0.15) is 17.2 Å². The normalized spacial score (nSPS) is 12.5. The van der Waals surface area contributed by atoms with Crippen LogP contribution in [0, 0.1) is 5.82 Å². The topological polar surface area (TPSA) is 12.0 Å². The minimum Gasteiger partial charge on any atom is -0.313 e. The van der Waals surface area contributed by atoms with Crippen LogP contribution in [0.5, 0.6) is 0 Å². The van der Waals surface area contributed by atoms with Gasteiger partial charge in [0.05, 0.1) is 0 Å². The summed E-state index contributed by atoms with van der Waals surface area (Å²) in [5.74, 6) is -0.189. The van der Waals surface area contributed by atoms with E-state index in [-0.39, 0.29) is 11.9 Å². The first-order chi connectivity index (χ1) is 10.3. The molecule has 106 valence electrons. The van der Waals surface area contributed by atoms with E-state index in [0.29, 0.717) is 0 Å². The highest BCUT2D eigenvalue weighted by atomic mass is 19.1. The van der Waals surface area contributed by atoms with Gasteiger partial charge in [-0.3, -0.25) is 0 Å². The molecule has 0 amide bonds. The second-order valence-electron chi connectivity index (χ2n) is 5.24. The van der Waals surface area contributed by atoms with Gasteiger partial charge in [-0.05, 0) is 47.5 Å². The number of hydrogen-bond acceptors (Lipinski definition) is 1. The minimum absolute atomic E-state index is 0.103. The van der Waals surface area contributed by atoms with Crippen molar-refractivity contribution in [2.45, 2.75) is 12.5 Å². The van der Waals surface area contributed by atoms with Crippen LogP contribution < -0.4 is 5.32 Å². The minimum atomic E-state index is -0.189. The van der Waals surface area contributed by atoms with Crippen LogP contribution in [0.15, 0.2) is 66.7 Å². The van der Waals surface area contributed by atoms with Gasteiger partial charge in [-0.25, -0.2) is 4.39 Å². The Morgan fingerprint density at radius 1 is 0.952 bits per heavy atom. The smallest absolute Gasteiger partial charge is 0.123 e. The first kappa shape index (κ1) is 13.8. The monoisotopic (exact) mass is 279 g/mol. The van der Waals surface area contributed by atoms with Crippen molar-refractivity contribution in [1.29, 1.82) is 0 Å². The maximum atomic E-state index is 13.4. The lowest BCUT2D eigenvalue weighted by Gasteiger charge is -2.18. The SMILES string of the molecule is CNC(Cc1cccc2ccccc12)c1cccc(F)c1. The summed E-state index contributed by atoms with van der Waals surface area (Å²) >= 11 is 0. The second-order valence-corrected chi connectivity index (χ2v) is 5.24. The molecule has 1 nitrogen and oxygen atoms in total. The number of rotatable bonds is 4. The number of fused-ring (bicyclic) bond motifs is 1. The number of hydrogen-bond donors (Lipinski definition) is 1. The number of nitrogens with one attached hydrogen (secondary N) is 1. The third-order valence-corrected chi connectivity index (χ3v) is 3.90. The molecular weight excluding hydrogens is 261 g/mol. The van der Waals surface area contributed by atoms with Crippen LogP contribution in [0.25, 0.3) is 10.8 Å². The zero-order valence-electron chi connectivity index (χ0n) is 12.0. The van der Waals surface area contributed by atoms with E-state index in [4.69, 9.17) is 0 Å². The average molecular weight is 279 g/mol. The molecule has 0 heterocycles. The van der Waals surface area contributed by atoms with Crippen LogP contribution >= 0.6 is 0 Å². The Balaban J connectivity index is 1.96. The first-order valence-electron chi connectivity index (χ1n) is 7.17. The van der Waals surface area contributed by atoms with Crippen molar-refractivity contribution in [1.82, 2.24) is 5.32 Å². The number of likely N-dealkylation sites (N-methyl/N-ethyl adjacent to an activating group) is 1. The molecule has 1 N–H and O–H groups in total. The Bertz CT molecular complexity index is 746. The van der Waals surface area contributed by atoms with Crippen LogP contribution in [0.4, 0.5) is 4.39 Å². The summed E-state index contributed by atoms with van der Waals surface area (Å²) in [6, 6.07) is 21.6. The molecule has 0 aliphatic carbocycles. The molecule has 3 aromatic rings. The summed E-state index contributed by atoms with van der Waals surface area (Å²) in [7, 11) is 1.92. The highest BCUT2D eigenvalue weighted by Gasteiger charge is 2.12. The molecule has 0 spiro atoms. The van der Waals surface area contributed by atoms with Gasteiger partial charge < -0.3 is 5.32 Å². The van der Waals surface area contributed by atoms with Crippen LogP contribution in [-0.2, 0) is 6.42 Å². The van der Waals surface area contributed by atoms with E-state index in [9.17, 15) is 4.39 Å². The quantitative estimate of drug-likeness (QED) is 0.742. The van der Waals surface area contributed by atoms with Crippen molar-refractivity contribution in [2.75, 3.05) is 7.05 Å². The van der Waals surface area contributed by atoms with Gasteiger partial charge >= 0.3 is 0 Å². The molecule has 0 saturated carbocycles. The summed E-state index contributed by atoms with van der Waals surface area (Å²) in [6.07, 6.45) is 0.835. The van der Waals surface area contributed by atoms with Crippen molar-refractivity contribution in [3.05, 3.63) is 83.7 Å². The van der Waals surface area contributed by atoms with Gasteiger partial charge in [-0.15, -0.1) is 0 Å². The van der Waals surface area contributed by atoms with E-state index < -0.39 is 0 Å². The zero-order valence-corrected chi connectivity index (χ0v) is 12.0. The van der Waals surface area contributed by atoms with Gasteiger partial charge in [-0.1, -0.05) is 54.6 Å². The lowest BCUT2D eigenvalue weighted by molar-refractivity contribution is 0.579. The Kier molecular flexibility index (Phi) is 3.98. The number of benzene rings is 3. The van der Waals surface area contributed by atoms with Gasteiger partial charge in [0.15, 0.2) is 0 Å². The summed E-state index contributed by atoms with van der Waals surface area (Å²) in [5, 5.41) is 5.79. The number of halogens is 1. The van der Waals surface area contributed by atoms with Crippen molar-refractivity contribution >= 4 is 10.8 Å². The van der Waals surface area contributed by atoms with Crippen molar-refractivity contribution in [3.63, 3.8) is 0 Å². The van der Waals surface area contributed by atoms with Gasteiger partial charge in [0.25, 0.3) is 0 Å².